The van der Waals surface area contributed by atoms with Gasteiger partial charge >= 0.3 is 5.97 Å². The molecule has 0 radical (unpaired) electrons. The number of aromatic nitrogens is 1. The van der Waals surface area contributed by atoms with Crippen LogP contribution in [-0.2, 0) is 15.9 Å². The molecule has 2 rings (SSSR count). The summed E-state index contributed by atoms with van der Waals surface area (Å²) in [6, 6.07) is 5.88. The van der Waals surface area contributed by atoms with Crippen molar-refractivity contribution in [2.75, 3.05) is 20.8 Å². The maximum absolute atomic E-state index is 11.6. The molecule has 2 aromatic rings. The van der Waals surface area contributed by atoms with Crippen LogP contribution in [0.4, 0.5) is 0 Å². The summed E-state index contributed by atoms with van der Waals surface area (Å²) in [6.45, 7) is 0.636. The summed E-state index contributed by atoms with van der Waals surface area (Å²) in [6.07, 6.45) is 2.32. The average molecular weight is 324 g/mol. The molecule has 0 atom stereocenters. The Hall–Kier alpha value is -1.46. The molecule has 0 aliphatic heterocycles. The lowest BCUT2D eigenvalue weighted by Gasteiger charge is -2.09. The van der Waals surface area contributed by atoms with Crippen molar-refractivity contribution in [2.24, 2.45) is 0 Å². The summed E-state index contributed by atoms with van der Waals surface area (Å²) in [4.78, 5) is 16.0. The number of pyridine rings is 1. The van der Waals surface area contributed by atoms with Crippen LogP contribution in [0, 0.1) is 0 Å². The van der Waals surface area contributed by atoms with Crippen LogP contribution in [0.25, 0.3) is 10.9 Å². The Balaban J connectivity index is 2.55. The molecule has 0 saturated carbocycles. The Morgan fingerprint density at radius 3 is 2.84 bits per heavy atom. The zero-order valence-electron chi connectivity index (χ0n) is 10.8. The van der Waals surface area contributed by atoms with E-state index in [0.717, 1.165) is 22.9 Å². The normalized spacial score (nSPS) is 10.7. The summed E-state index contributed by atoms with van der Waals surface area (Å²) >= 11 is 3.45. The van der Waals surface area contributed by atoms with Gasteiger partial charge in [0.2, 0.25) is 0 Å². The van der Waals surface area contributed by atoms with Crippen LogP contribution < -0.4 is 0 Å². The molecule has 1 aromatic heterocycles. The molecular weight excluding hydrogens is 310 g/mol. The van der Waals surface area contributed by atoms with Crippen LogP contribution in [0.3, 0.4) is 0 Å². The SMILES string of the molecule is COCCc1cccc2c(Br)c(C(=O)OC)cnc12. The fraction of sp³-hybridized carbons (Fsp3) is 0.286. The van der Waals surface area contributed by atoms with Crippen molar-refractivity contribution in [3.05, 3.63) is 40.0 Å². The van der Waals surface area contributed by atoms with Gasteiger partial charge in [-0.2, -0.15) is 0 Å². The van der Waals surface area contributed by atoms with Crippen molar-refractivity contribution in [3.8, 4) is 0 Å². The van der Waals surface area contributed by atoms with Gasteiger partial charge in [-0.05, 0) is 27.9 Å². The van der Waals surface area contributed by atoms with Crippen molar-refractivity contribution in [2.45, 2.75) is 6.42 Å². The number of carbonyl (C=O) groups is 1. The van der Waals surface area contributed by atoms with Crippen LogP contribution in [0.2, 0.25) is 0 Å². The molecule has 1 aromatic carbocycles. The molecule has 1 heterocycles. The summed E-state index contributed by atoms with van der Waals surface area (Å²) in [5.41, 5.74) is 2.40. The van der Waals surface area contributed by atoms with Crippen LogP contribution in [0.1, 0.15) is 15.9 Å². The highest BCUT2D eigenvalue weighted by atomic mass is 79.9. The zero-order valence-corrected chi connectivity index (χ0v) is 12.4. The standard InChI is InChI=1S/C14H14BrNO3/c1-18-7-6-9-4-3-5-10-12(15)11(14(17)19-2)8-16-13(9)10/h3-5,8H,6-7H2,1-2H3. The Labute approximate surface area is 119 Å². The first kappa shape index (κ1) is 14.0. The zero-order chi connectivity index (χ0) is 13.8. The summed E-state index contributed by atoms with van der Waals surface area (Å²) in [7, 11) is 3.03. The summed E-state index contributed by atoms with van der Waals surface area (Å²) < 4.78 is 10.5. The number of carbonyl (C=O) groups excluding carboxylic acids is 1. The third-order valence-electron chi connectivity index (χ3n) is 2.90. The van der Waals surface area contributed by atoms with Crippen LogP contribution in [0.15, 0.2) is 28.9 Å². The van der Waals surface area contributed by atoms with Crippen LogP contribution in [-0.4, -0.2) is 31.8 Å². The first-order chi connectivity index (χ1) is 9.19. The number of fused-ring (bicyclic) bond motifs is 1. The molecule has 0 fully saturated rings. The van der Waals surface area contributed by atoms with Gasteiger partial charge in [0.05, 0.1) is 24.8 Å². The Morgan fingerprint density at radius 2 is 2.16 bits per heavy atom. The van der Waals surface area contributed by atoms with Gasteiger partial charge in [-0.1, -0.05) is 18.2 Å². The van der Waals surface area contributed by atoms with Crippen LogP contribution >= 0.6 is 15.9 Å². The molecule has 100 valence electrons. The number of benzene rings is 1. The molecule has 0 aliphatic rings. The van der Waals surface area contributed by atoms with E-state index in [1.54, 1.807) is 7.11 Å². The lowest BCUT2D eigenvalue weighted by Crippen LogP contribution is -2.04. The third kappa shape index (κ3) is 2.77. The van der Waals surface area contributed by atoms with E-state index >= 15 is 0 Å². The number of ether oxygens (including phenoxy) is 2. The predicted molar refractivity (Wildman–Crippen MR) is 76.4 cm³/mol. The smallest absolute Gasteiger partial charge is 0.340 e. The number of halogens is 1. The Bertz CT molecular complexity index is 613. The first-order valence-corrected chi connectivity index (χ1v) is 6.61. The maximum atomic E-state index is 11.6. The summed E-state index contributed by atoms with van der Waals surface area (Å²) in [5.74, 6) is -0.399. The number of hydrogen-bond donors (Lipinski definition) is 0. The van der Waals surface area contributed by atoms with Gasteiger partial charge in [0.1, 0.15) is 0 Å². The Morgan fingerprint density at radius 1 is 1.37 bits per heavy atom. The molecule has 0 amide bonds. The topological polar surface area (TPSA) is 48.4 Å². The van der Waals surface area contributed by atoms with Gasteiger partial charge in [0.15, 0.2) is 0 Å². The fourth-order valence-corrected chi connectivity index (χ4v) is 2.50. The van der Waals surface area contributed by atoms with Crippen LogP contribution in [0.5, 0.6) is 0 Å². The maximum Gasteiger partial charge on any atom is 0.340 e. The van der Waals surface area contributed by atoms with Gasteiger partial charge in [0.25, 0.3) is 0 Å². The lowest BCUT2D eigenvalue weighted by atomic mass is 10.1. The minimum absolute atomic E-state index is 0.399. The minimum atomic E-state index is -0.399. The quantitative estimate of drug-likeness (QED) is 0.811. The minimum Gasteiger partial charge on any atom is -0.465 e. The second kappa shape index (κ2) is 6.12. The molecule has 0 bridgehead atoms. The highest BCUT2D eigenvalue weighted by Gasteiger charge is 2.15. The fourth-order valence-electron chi connectivity index (χ4n) is 1.92. The lowest BCUT2D eigenvalue weighted by molar-refractivity contribution is 0.0599. The van der Waals surface area contributed by atoms with E-state index in [2.05, 4.69) is 20.9 Å². The van der Waals surface area contributed by atoms with Crippen molar-refractivity contribution in [1.29, 1.82) is 0 Å². The van der Waals surface area contributed by atoms with Crippen molar-refractivity contribution in [1.82, 2.24) is 4.98 Å². The number of esters is 1. The average Bonchev–Trinajstić information content (AvgIpc) is 2.45. The molecule has 0 spiro atoms. The van der Waals surface area contributed by atoms with E-state index < -0.39 is 5.97 Å². The van der Waals surface area contributed by atoms with E-state index in [9.17, 15) is 4.79 Å². The molecule has 19 heavy (non-hydrogen) atoms. The molecular formula is C14H14BrNO3. The molecule has 0 aliphatic carbocycles. The third-order valence-corrected chi connectivity index (χ3v) is 3.75. The Kier molecular flexibility index (Phi) is 4.50. The first-order valence-electron chi connectivity index (χ1n) is 5.82. The van der Waals surface area contributed by atoms with E-state index in [4.69, 9.17) is 9.47 Å². The molecule has 5 heteroatoms. The largest absolute Gasteiger partial charge is 0.465 e. The molecule has 4 nitrogen and oxygen atoms in total. The van der Waals surface area contributed by atoms with Gasteiger partial charge in [-0.3, -0.25) is 4.98 Å². The second-order valence-electron chi connectivity index (χ2n) is 4.03. The van der Waals surface area contributed by atoms with E-state index in [1.165, 1.54) is 13.3 Å². The van der Waals surface area contributed by atoms with Gasteiger partial charge in [-0.15, -0.1) is 0 Å². The van der Waals surface area contributed by atoms with E-state index in [-0.39, 0.29) is 0 Å². The monoisotopic (exact) mass is 323 g/mol. The highest BCUT2D eigenvalue weighted by Crippen LogP contribution is 2.28. The number of rotatable bonds is 4. The van der Waals surface area contributed by atoms with Gasteiger partial charge < -0.3 is 9.47 Å². The van der Waals surface area contributed by atoms with E-state index in [0.29, 0.717) is 16.6 Å². The summed E-state index contributed by atoms with van der Waals surface area (Å²) in [5, 5.41) is 0.900. The van der Waals surface area contributed by atoms with Crippen molar-refractivity contribution in [3.63, 3.8) is 0 Å². The number of nitrogens with zero attached hydrogens (tertiary/aromatic N) is 1. The number of methoxy groups -OCH3 is 2. The van der Waals surface area contributed by atoms with Crippen molar-refractivity contribution < 1.29 is 14.3 Å². The predicted octanol–water partition coefficient (Wildman–Crippen LogP) is 2.97. The second-order valence-corrected chi connectivity index (χ2v) is 4.83. The van der Waals surface area contributed by atoms with Gasteiger partial charge in [0, 0.05) is 23.2 Å². The number of hydrogen-bond acceptors (Lipinski definition) is 4. The highest BCUT2D eigenvalue weighted by molar-refractivity contribution is 9.10. The van der Waals surface area contributed by atoms with Crippen molar-refractivity contribution >= 4 is 32.8 Å². The van der Waals surface area contributed by atoms with E-state index in [1.807, 2.05) is 18.2 Å². The number of para-hydroxylation sites is 1. The molecule has 0 unspecified atom stereocenters. The molecule has 0 N–H and O–H groups in total. The molecule has 0 saturated heterocycles. The van der Waals surface area contributed by atoms with Gasteiger partial charge in [-0.25, -0.2) is 4.79 Å².